The molecule has 17 heavy (non-hydrogen) atoms. The van der Waals surface area contributed by atoms with Crippen LogP contribution in [0.4, 0.5) is 5.69 Å². The first-order valence-electron chi connectivity index (χ1n) is 5.18. The Morgan fingerprint density at radius 2 is 1.76 bits per heavy atom. The predicted octanol–water partition coefficient (Wildman–Crippen LogP) is 3.85. The number of nitrogens with zero attached hydrogens (tertiary/aromatic N) is 3. The standard InChI is InChI=1S/C13H8N3S/c14-16-10-7-5-9(6-8-10)13-15-11-3-1-2-4-12(11)17-13/h1-8H. The Bertz CT molecular complexity index is 637. The van der Waals surface area contributed by atoms with Crippen molar-refractivity contribution in [3.8, 4) is 10.6 Å². The molecule has 0 N–H and O–H groups in total. The second-order valence-electron chi connectivity index (χ2n) is 3.63. The average Bonchev–Trinajstić information content (AvgIpc) is 2.82. The molecular formula is C13H8N3S. The third kappa shape index (κ3) is 1.83. The zero-order valence-electron chi connectivity index (χ0n) is 8.87. The predicted molar refractivity (Wildman–Crippen MR) is 69.3 cm³/mol. The summed E-state index contributed by atoms with van der Waals surface area (Å²) in [5, 5.41) is 4.11. The van der Waals surface area contributed by atoms with Crippen LogP contribution in [0.1, 0.15) is 0 Å². The molecule has 0 bridgehead atoms. The van der Waals surface area contributed by atoms with Gasteiger partial charge in [-0.3, -0.25) is 0 Å². The van der Waals surface area contributed by atoms with Crippen LogP contribution >= 0.6 is 11.3 Å². The molecule has 0 fully saturated rings. The summed E-state index contributed by atoms with van der Waals surface area (Å²) < 4.78 is 1.18. The van der Waals surface area contributed by atoms with Gasteiger partial charge in [-0.25, -0.2) is 4.98 Å². The van der Waals surface area contributed by atoms with Gasteiger partial charge in [-0.05, 0) is 41.9 Å². The number of benzene rings is 2. The van der Waals surface area contributed by atoms with Gasteiger partial charge in [0.05, 0.1) is 15.9 Å². The zero-order chi connectivity index (χ0) is 11.7. The fourth-order valence-electron chi connectivity index (χ4n) is 1.67. The molecule has 0 amide bonds. The van der Waals surface area contributed by atoms with E-state index in [-0.39, 0.29) is 0 Å². The molecule has 0 aliphatic carbocycles. The van der Waals surface area contributed by atoms with Crippen molar-refractivity contribution in [3.05, 3.63) is 48.5 Å². The Balaban J connectivity index is 2.10. The van der Waals surface area contributed by atoms with E-state index >= 15 is 0 Å². The van der Waals surface area contributed by atoms with Crippen molar-refractivity contribution in [3.63, 3.8) is 0 Å². The van der Waals surface area contributed by atoms with Crippen molar-refractivity contribution >= 4 is 27.2 Å². The van der Waals surface area contributed by atoms with Crippen molar-refractivity contribution in [1.29, 1.82) is 0 Å². The van der Waals surface area contributed by atoms with Gasteiger partial charge >= 0.3 is 0 Å². The summed E-state index contributed by atoms with van der Waals surface area (Å²) >= 11 is 1.66. The van der Waals surface area contributed by atoms with Crippen molar-refractivity contribution < 1.29 is 0 Å². The topological polar surface area (TPSA) is 47.5 Å². The molecule has 0 spiro atoms. The molecule has 1 radical (unpaired) electrons. The molecule has 4 heteroatoms. The Kier molecular flexibility index (Phi) is 2.42. The molecule has 0 aliphatic rings. The Hall–Kier alpha value is -2.07. The summed E-state index contributed by atoms with van der Waals surface area (Å²) in [6, 6.07) is 15.4. The fraction of sp³-hybridized carbons (Fsp3) is 0. The lowest BCUT2D eigenvalue weighted by atomic mass is 10.2. The summed E-state index contributed by atoms with van der Waals surface area (Å²) in [6.07, 6.45) is 0. The highest BCUT2D eigenvalue weighted by atomic mass is 32.1. The lowest BCUT2D eigenvalue weighted by Gasteiger charge is -1.95. The Morgan fingerprint density at radius 3 is 2.47 bits per heavy atom. The molecule has 1 heterocycles. The van der Waals surface area contributed by atoms with Gasteiger partial charge in [0.25, 0.3) is 0 Å². The number of hydrogen-bond donors (Lipinski definition) is 0. The molecular weight excluding hydrogens is 230 g/mol. The molecule has 0 saturated heterocycles. The number of fused-ring (bicyclic) bond motifs is 1. The van der Waals surface area contributed by atoms with Crippen molar-refractivity contribution in [2.45, 2.75) is 0 Å². The normalized spacial score (nSPS) is 10.6. The van der Waals surface area contributed by atoms with E-state index < -0.39 is 0 Å². The summed E-state index contributed by atoms with van der Waals surface area (Å²) in [4.78, 5) is 4.56. The number of para-hydroxylation sites is 1. The molecule has 1 aromatic heterocycles. The van der Waals surface area contributed by atoms with E-state index in [2.05, 4.69) is 16.2 Å². The first-order chi connectivity index (χ1) is 8.36. The molecule has 3 rings (SSSR count). The van der Waals surface area contributed by atoms with E-state index in [1.54, 1.807) is 23.5 Å². The van der Waals surface area contributed by atoms with Gasteiger partial charge in [-0.1, -0.05) is 12.1 Å². The second kappa shape index (κ2) is 4.07. The van der Waals surface area contributed by atoms with Gasteiger partial charge in [-0.2, -0.15) is 0 Å². The van der Waals surface area contributed by atoms with Gasteiger partial charge in [0, 0.05) is 5.56 Å². The summed E-state index contributed by atoms with van der Waals surface area (Å²) in [5.41, 5.74) is 11.2. The van der Waals surface area contributed by atoms with E-state index in [0.29, 0.717) is 5.69 Å². The highest BCUT2D eigenvalue weighted by molar-refractivity contribution is 7.21. The fourth-order valence-corrected chi connectivity index (χ4v) is 2.64. The minimum absolute atomic E-state index is 0.551. The lowest BCUT2D eigenvalue weighted by molar-refractivity contribution is 1.30. The molecule has 3 aromatic rings. The SMILES string of the molecule is [N]=Nc1ccc(-c2nc3ccccc3s2)cc1. The monoisotopic (exact) mass is 238 g/mol. The first kappa shape index (κ1) is 10.1. The van der Waals surface area contributed by atoms with Crippen molar-refractivity contribution in [2.75, 3.05) is 0 Å². The van der Waals surface area contributed by atoms with E-state index in [1.807, 2.05) is 30.3 Å². The molecule has 0 saturated carbocycles. The molecule has 0 atom stereocenters. The lowest BCUT2D eigenvalue weighted by Crippen LogP contribution is -1.74. The molecule has 3 nitrogen and oxygen atoms in total. The van der Waals surface area contributed by atoms with Crippen LogP contribution < -0.4 is 5.53 Å². The zero-order valence-corrected chi connectivity index (χ0v) is 9.69. The summed E-state index contributed by atoms with van der Waals surface area (Å²) in [5.74, 6) is 0. The summed E-state index contributed by atoms with van der Waals surface area (Å²) in [7, 11) is 0. The van der Waals surface area contributed by atoms with E-state index in [0.717, 1.165) is 16.1 Å². The second-order valence-corrected chi connectivity index (χ2v) is 4.66. The minimum Gasteiger partial charge on any atom is -0.236 e. The third-order valence-electron chi connectivity index (χ3n) is 2.52. The summed E-state index contributed by atoms with van der Waals surface area (Å²) in [6.45, 7) is 0. The average molecular weight is 238 g/mol. The van der Waals surface area contributed by atoms with Gasteiger partial charge in [0.1, 0.15) is 5.01 Å². The quantitative estimate of drug-likeness (QED) is 0.625. The number of hydrogen-bond acceptors (Lipinski definition) is 3. The molecule has 2 aromatic carbocycles. The third-order valence-corrected chi connectivity index (χ3v) is 3.61. The first-order valence-corrected chi connectivity index (χ1v) is 5.99. The van der Waals surface area contributed by atoms with Crippen LogP contribution in [0.2, 0.25) is 0 Å². The number of rotatable bonds is 2. The van der Waals surface area contributed by atoms with Crippen LogP contribution in [0.3, 0.4) is 0 Å². The molecule has 0 aliphatic heterocycles. The van der Waals surface area contributed by atoms with Crippen LogP contribution in [0.15, 0.2) is 53.6 Å². The molecule has 81 valence electrons. The maximum atomic E-state index is 8.63. The van der Waals surface area contributed by atoms with E-state index in [4.69, 9.17) is 5.53 Å². The van der Waals surface area contributed by atoms with E-state index in [1.165, 1.54) is 4.70 Å². The van der Waals surface area contributed by atoms with Crippen LogP contribution in [-0.4, -0.2) is 4.98 Å². The largest absolute Gasteiger partial charge is 0.236 e. The van der Waals surface area contributed by atoms with Crippen molar-refractivity contribution in [1.82, 2.24) is 10.5 Å². The van der Waals surface area contributed by atoms with Crippen LogP contribution in [0.25, 0.3) is 20.8 Å². The Morgan fingerprint density at radius 1 is 1.00 bits per heavy atom. The Labute approximate surface area is 102 Å². The van der Waals surface area contributed by atoms with Gasteiger partial charge < -0.3 is 0 Å². The maximum absolute atomic E-state index is 8.63. The highest BCUT2D eigenvalue weighted by Gasteiger charge is 2.05. The number of thiazole rings is 1. The highest BCUT2D eigenvalue weighted by Crippen LogP contribution is 2.30. The van der Waals surface area contributed by atoms with E-state index in [9.17, 15) is 0 Å². The number of aromatic nitrogens is 1. The van der Waals surface area contributed by atoms with Crippen LogP contribution in [0.5, 0.6) is 0 Å². The van der Waals surface area contributed by atoms with Gasteiger partial charge in [0.2, 0.25) is 0 Å². The minimum atomic E-state index is 0.551. The van der Waals surface area contributed by atoms with Gasteiger partial charge in [-0.15, -0.1) is 16.5 Å². The van der Waals surface area contributed by atoms with Crippen molar-refractivity contribution in [2.24, 2.45) is 5.11 Å². The van der Waals surface area contributed by atoms with Crippen LogP contribution in [0, 0.1) is 0 Å². The van der Waals surface area contributed by atoms with Crippen LogP contribution in [-0.2, 0) is 0 Å². The smallest absolute Gasteiger partial charge is 0.124 e. The maximum Gasteiger partial charge on any atom is 0.124 e. The van der Waals surface area contributed by atoms with Gasteiger partial charge in [0.15, 0.2) is 0 Å². The molecule has 0 unspecified atom stereocenters.